The molecule has 6 nitrogen and oxygen atoms in total. The van der Waals surface area contributed by atoms with Crippen LogP contribution in [0.3, 0.4) is 0 Å². The Hall–Kier alpha value is -1.50. The lowest BCUT2D eigenvalue weighted by Gasteiger charge is -2.53. The zero-order valence-electron chi connectivity index (χ0n) is 13.9. The number of aromatic nitrogens is 1. The van der Waals surface area contributed by atoms with Crippen molar-refractivity contribution in [3.8, 4) is 0 Å². The highest BCUT2D eigenvalue weighted by Gasteiger charge is 2.47. The van der Waals surface area contributed by atoms with Crippen LogP contribution < -0.4 is 0 Å². The van der Waals surface area contributed by atoms with Gasteiger partial charge in [0, 0.05) is 53.0 Å². The topological polar surface area (TPSA) is 54.9 Å². The number of carbonyl (C=O) groups is 1. The fourth-order valence-corrected chi connectivity index (χ4v) is 3.26. The van der Waals surface area contributed by atoms with Crippen molar-refractivity contribution in [2.24, 2.45) is 0 Å². The van der Waals surface area contributed by atoms with Gasteiger partial charge in [0.15, 0.2) is 0 Å². The zero-order valence-corrected chi connectivity index (χ0v) is 13.9. The molecule has 3 heterocycles. The molecule has 0 aromatic carbocycles. The quantitative estimate of drug-likeness (QED) is 0.808. The van der Waals surface area contributed by atoms with Gasteiger partial charge < -0.3 is 14.4 Å². The van der Waals surface area contributed by atoms with Gasteiger partial charge in [0.05, 0.1) is 17.4 Å². The Bertz CT molecular complexity index is 529. The number of ether oxygens (including phenoxy) is 2. The molecule has 2 fully saturated rings. The van der Waals surface area contributed by atoms with Crippen molar-refractivity contribution >= 4 is 5.91 Å². The summed E-state index contributed by atoms with van der Waals surface area (Å²) >= 11 is 0. The zero-order chi connectivity index (χ0) is 16.3. The summed E-state index contributed by atoms with van der Waals surface area (Å²) in [6.45, 7) is 3.54. The first-order chi connectivity index (χ1) is 11.1. The summed E-state index contributed by atoms with van der Waals surface area (Å²) in [5.74, 6) is 0.0101. The summed E-state index contributed by atoms with van der Waals surface area (Å²) in [6.07, 6.45) is 3.67. The summed E-state index contributed by atoms with van der Waals surface area (Å²) in [4.78, 5) is 19.9. The summed E-state index contributed by atoms with van der Waals surface area (Å²) < 4.78 is 11.8. The van der Waals surface area contributed by atoms with Crippen LogP contribution in [0.15, 0.2) is 24.4 Å². The number of nitrogens with zero attached hydrogens (tertiary/aromatic N) is 3. The number of likely N-dealkylation sites (N-methyl/N-ethyl adjacent to an activating group) is 1. The van der Waals surface area contributed by atoms with E-state index in [1.165, 1.54) is 0 Å². The molecule has 0 saturated carbocycles. The van der Waals surface area contributed by atoms with Crippen molar-refractivity contribution in [1.29, 1.82) is 0 Å². The number of rotatable bonds is 5. The molecule has 1 atom stereocenters. The highest BCUT2D eigenvalue weighted by molar-refractivity contribution is 5.76. The summed E-state index contributed by atoms with van der Waals surface area (Å²) in [7, 11) is 3.50. The second-order valence-corrected chi connectivity index (χ2v) is 6.71. The molecular formula is C17H25N3O3. The molecule has 0 bridgehead atoms. The largest absolute Gasteiger partial charge is 0.372 e. The van der Waals surface area contributed by atoms with E-state index >= 15 is 0 Å². The van der Waals surface area contributed by atoms with Crippen LogP contribution in [0.5, 0.6) is 0 Å². The maximum absolute atomic E-state index is 11.6. The van der Waals surface area contributed by atoms with E-state index in [1.807, 2.05) is 24.4 Å². The average molecular weight is 319 g/mol. The molecule has 3 rings (SSSR count). The minimum absolute atomic E-state index is 0.0101. The van der Waals surface area contributed by atoms with Crippen molar-refractivity contribution in [2.75, 3.05) is 40.4 Å². The van der Waals surface area contributed by atoms with Crippen molar-refractivity contribution in [2.45, 2.75) is 31.1 Å². The lowest BCUT2D eigenvalue weighted by Crippen LogP contribution is -2.65. The Morgan fingerprint density at radius 1 is 1.48 bits per heavy atom. The lowest BCUT2D eigenvalue weighted by molar-refractivity contribution is -0.200. The van der Waals surface area contributed by atoms with E-state index in [4.69, 9.17) is 9.47 Å². The summed E-state index contributed by atoms with van der Waals surface area (Å²) in [5, 5.41) is 0. The number of amides is 1. The molecular weight excluding hydrogens is 294 g/mol. The fraction of sp³-hybridized carbons (Fsp3) is 0.647. The molecule has 0 radical (unpaired) electrons. The molecule has 2 aliphatic heterocycles. The third kappa shape index (κ3) is 4.07. The molecule has 0 unspecified atom stereocenters. The molecule has 1 aromatic rings. The Balaban J connectivity index is 1.45. The minimum atomic E-state index is -0.0984. The van der Waals surface area contributed by atoms with Crippen LogP contribution in [-0.4, -0.2) is 72.8 Å². The second-order valence-electron chi connectivity index (χ2n) is 6.71. The van der Waals surface area contributed by atoms with Crippen LogP contribution in [0.2, 0.25) is 0 Å². The lowest BCUT2D eigenvalue weighted by atomic mass is 9.84. The number of hydrogen-bond acceptors (Lipinski definition) is 5. The van der Waals surface area contributed by atoms with E-state index in [-0.39, 0.29) is 24.2 Å². The van der Waals surface area contributed by atoms with E-state index in [2.05, 4.69) is 9.88 Å². The van der Waals surface area contributed by atoms with Gasteiger partial charge in [-0.3, -0.25) is 14.7 Å². The number of pyridine rings is 1. The first-order valence-electron chi connectivity index (χ1n) is 8.14. The smallest absolute Gasteiger partial charge is 0.248 e. The van der Waals surface area contributed by atoms with Crippen LogP contribution in [-0.2, 0) is 20.8 Å². The van der Waals surface area contributed by atoms with Gasteiger partial charge >= 0.3 is 0 Å². The molecule has 2 saturated heterocycles. The van der Waals surface area contributed by atoms with E-state index in [0.29, 0.717) is 6.61 Å². The SMILES string of the molecule is CN(C)C(=O)CO[C@@H]1CCOC2(C1)CN(Cc1ccccn1)C2. The van der Waals surface area contributed by atoms with Gasteiger partial charge in [-0.25, -0.2) is 0 Å². The Morgan fingerprint density at radius 3 is 3.00 bits per heavy atom. The van der Waals surface area contributed by atoms with Crippen molar-refractivity contribution in [3.63, 3.8) is 0 Å². The summed E-state index contributed by atoms with van der Waals surface area (Å²) in [6, 6.07) is 5.99. The normalized spacial score (nSPS) is 23.5. The van der Waals surface area contributed by atoms with Gasteiger partial charge in [-0.15, -0.1) is 0 Å². The molecule has 0 N–H and O–H groups in total. The van der Waals surface area contributed by atoms with Gasteiger partial charge in [0.25, 0.3) is 0 Å². The third-order valence-electron chi connectivity index (χ3n) is 4.52. The van der Waals surface area contributed by atoms with E-state index < -0.39 is 0 Å². The molecule has 1 spiro atoms. The van der Waals surface area contributed by atoms with Gasteiger partial charge in [-0.2, -0.15) is 0 Å². The van der Waals surface area contributed by atoms with E-state index in [1.54, 1.807) is 19.0 Å². The Labute approximate surface area is 137 Å². The standard InChI is InChI=1S/C17H25N3O3/c1-19(2)16(21)11-22-15-6-8-23-17(9-15)12-20(13-17)10-14-5-3-4-7-18-14/h3-5,7,15H,6,8-13H2,1-2H3/t15-/m1/s1. The van der Waals surface area contributed by atoms with Crippen LogP contribution in [0, 0.1) is 0 Å². The molecule has 1 aromatic heterocycles. The number of likely N-dealkylation sites (tertiary alicyclic amines) is 1. The van der Waals surface area contributed by atoms with Gasteiger partial charge in [0.1, 0.15) is 6.61 Å². The van der Waals surface area contributed by atoms with Crippen molar-refractivity contribution < 1.29 is 14.3 Å². The fourth-order valence-electron chi connectivity index (χ4n) is 3.26. The van der Waals surface area contributed by atoms with Gasteiger partial charge in [0.2, 0.25) is 5.91 Å². The Kier molecular flexibility index (Phi) is 4.94. The molecule has 0 aliphatic carbocycles. The summed E-state index contributed by atoms with van der Waals surface area (Å²) in [5.41, 5.74) is 0.987. The first kappa shape index (κ1) is 16.4. The molecule has 1 amide bonds. The molecule has 2 aliphatic rings. The Morgan fingerprint density at radius 2 is 2.30 bits per heavy atom. The highest BCUT2D eigenvalue weighted by Crippen LogP contribution is 2.35. The molecule has 23 heavy (non-hydrogen) atoms. The van der Waals surface area contributed by atoms with Gasteiger partial charge in [-0.05, 0) is 18.6 Å². The van der Waals surface area contributed by atoms with Crippen LogP contribution >= 0.6 is 0 Å². The predicted octanol–water partition coefficient (Wildman–Crippen LogP) is 0.920. The van der Waals surface area contributed by atoms with Gasteiger partial charge in [-0.1, -0.05) is 6.07 Å². The molecule has 126 valence electrons. The minimum Gasteiger partial charge on any atom is -0.372 e. The first-order valence-corrected chi connectivity index (χ1v) is 8.14. The molecule has 6 heteroatoms. The average Bonchev–Trinajstić information content (AvgIpc) is 2.52. The number of hydrogen-bond donors (Lipinski definition) is 0. The van der Waals surface area contributed by atoms with E-state index in [9.17, 15) is 4.79 Å². The number of carbonyl (C=O) groups excluding carboxylic acids is 1. The maximum atomic E-state index is 11.6. The second kappa shape index (κ2) is 6.95. The van der Waals surface area contributed by atoms with Crippen molar-refractivity contribution in [3.05, 3.63) is 30.1 Å². The highest BCUT2D eigenvalue weighted by atomic mass is 16.5. The van der Waals surface area contributed by atoms with Crippen LogP contribution in [0.1, 0.15) is 18.5 Å². The van der Waals surface area contributed by atoms with Crippen molar-refractivity contribution in [1.82, 2.24) is 14.8 Å². The van der Waals surface area contributed by atoms with Crippen LogP contribution in [0.4, 0.5) is 0 Å². The van der Waals surface area contributed by atoms with E-state index in [0.717, 1.165) is 38.2 Å². The monoisotopic (exact) mass is 319 g/mol. The predicted molar refractivity (Wildman–Crippen MR) is 85.9 cm³/mol. The maximum Gasteiger partial charge on any atom is 0.248 e. The third-order valence-corrected chi connectivity index (χ3v) is 4.52. The van der Waals surface area contributed by atoms with Crippen LogP contribution in [0.25, 0.3) is 0 Å².